The maximum absolute atomic E-state index is 12.5. The largest absolute Gasteiger partial charge is 0.372 e. The Hall–Kier alpha value is -3.56. The van der Waals surface area contributed by atoms with Gasteiger partial charge in [0.15, 0.2) is 5.57 Å². The molecule has 136 valence electrons. The fourth-order valence-electron chi connectivity index (χ4n) is 3.21. The zero-order valence-electron chi connectivity index (χ0n) is 15.8. The minimum Gasteiger partial charge on any atom is -0.372 e. The van der Waals surface area contributed by atoms with Crippen molar-refractivity contribution in [3.05, 3.63) is 46.2 Å². The van der Waals surface area contributed by atoms with Gasteiger partial charge in [-0.2, -0.15) is 15.8 Å². The van der Waals surface area contributed by atoms with Crippen LogP contribution in [0.15, 0.2) is 35.0 Å². The van der Waals surface area contributed by atoms with Crippen molar-refractivity contribution in [3.63, 3.8) is 0 Å². The highest BCUT2D eigenvalue weighted by Gasteiger charge is 2.32. The lowest BCUT2D eigenvalue weighted by Crippen LogP contribution is -2.25. The Morgan fingerprint density at radius 2 is 1.74 bits per heavy atom. The molecule has 0 unspecified atom stereocenters. The molecular weight excluding hydrogens is 338 g/mol. The van der Waals surface area contributed by atoms with E-state index in [9.17, 15) is 10.1 Å². The quantitative estimate of drug-likeness (QED) is 0.785. The maximum atomic E-state index is 12.5. The first-order valence-corrected chi connectivity index (χ1v) is 8.88. The fraction of sp³-hybridized carbons (Fsp3) is 0.333. The van der Waals surface area contributed by atoms with Crippen LogP contribution in [0.1, 0.15) is 37.8 Å². The number of nitrogens with one attached hydrogen (secondary N) is 1. The van der Waals surface area contributed by atoms with Gasteiger partial charge < -0.3 is 10.2 Å². The standard InChI is InChI=1S/C21H21N5O/c1-4-8-26(9-5-2)16-6-7-17(14(3)10-16)19-18(13-24)20(25-21(19)27)15(11-22)12-23/h6-7,10H,4-5,8-9H2,1-3H3,(H,25,27). The Bertz CT molecular complexity index is 928. The number of allylic oxidation sites excluding steroid dienone is 2. The summed E-state index contributed by atoms with van der Waals surface area (Å²) < 4.78 is 0. The Morgan fingerprint density at radius 1 is 1.11 bits per heavy atom. The molecule has 1 aromatic rings. The minimum absolute atomic E-state index is 0.00966. The zero-order valence-corrected chi connectivity index (χ0v) is 15.8. The number of rotatable bonds is 6. The molecule has 6 heteroatoms. The maximum Gasteiger partial charge on any atom is 0.257 e. The van der Waals surface area contributed by atoms with E-state index >= 15 is 0 Å². The van der Waals surface area contributed by atoms with Crippen molar-refractivity contribution in [2.45, 2.75) is 33.6 Å². The molecule has 1 N–H and O–H groups in total. The summed E-state index contributed by atoms with van der Waals surface area (Å²) in [4.78, 5) is 14.8. The first-order valence-electron chi connectivity index (χ1n) is 8.88. The van der Waals surface area contributed by atoms with Gasteiger partial charge in [-0.3, -0.25) is 4.79 Å². The molecule has 0 fully saturated rings. The van der Waals surface area contributed by atoms with E-state index in [1.807, 2.05) is 31.2 Å². The van der Waals surface area contributed by atoms with Crippen molar-refractivity contribution in [1.82, 2.24) is 5.32 Å². The monoisotopic (exact) mass is 359 g/mol. The first-order chi connectivity index (χ1) is 13.0. The minimum atomic E-state index is -0.473. The lowest BCUT2D eigenvalue weighted by molar-refractivity contribution is -0.114. The number of amides is 1. The van der Waals surface area contributed by atoms with Crippen LogP contribution in [0.5, 0.6) is 0 Å². The van der Waals surface area contributed by atoms with E-state index in [0.29, 0.717) is 5.56 Å². The molecule has 1 amide bonds. The summed E-state index contributed by atoms with van der Waals surface area (Å²) in [5, 5.41) is 30.2. The number of hydrogen-bond donors (Lipinski definition) is 1. The molecule has 1 aliphatic heterocycles. The highest BCUT2D eigenvalue weighted by Crippen LogP contribution is 2.33. The average molecular weight is 359 g/mol. The fourth-order valence-corrected chi connectivity index (χ4v) is 3.21. The topological polar surface area (TPSA) is 104 Å². The first kappa shape index (κ1) is 19.8. The van der Waals surface area contributed by atoms with Crippen LogP contribution in [0.3, 0.4) is 0 Å². The molecule has 0 aromatic heterocycles. The number of anilines is 1. The van der Waals surface area contributed by atoms with Crippen LogP contribution in [0.4, 0.5) is 5.69 Å². The second kappa shape index (κ2) is 8.70. The van der Waals surface area contributed by atoms with E-state index in [-0.39, 0.29) is 22.4 Å². The van der Waals surface area contributed by atoms with E-state index in [4.69, 9.17) is 10.5 Å². The number of carbonyl (C=O) groups is 1. The predicted octanol–water partition coefficient (Wildman–Crippen LogP) is 3.33. The number of carbonyl (C=O) groups excluding carboxylic acids is 1. The Kier molecular flexibility index (Phi) is 6.36. The zero-order chi connectivity index (χ0) is 20.0. The van der Waals surface area contributed by atoms with Gasteiger partial charge >= 0.3 is 0 Å². The number of hydrogen-bond acceptors (Lipinski definition) is 5. The summed E-state index contributed by atoms with van der Waals surface area (Å²) in [6.45, 7) is 8.04. The number of nitrogens with zero attached hydrogens (tertiary/aromatic N) is 4. The summed E-state index contributed by atoms with van der Waals surface area (Å²) in [5.74, 6) is -0.473. The molecule has 0 aliphatic carbocycles. The van der Waals surface area contributed by atoms with Crippen LogP contribution < -0.4 is 10.2 Å². The van der Waals surface area contributed by atoms with Gasteiger partial charge in [-0.05, 0) is 43.0 Å². The van der Waals surface area contributed by atoms with Crippen molar-refractivity contribution in [1.29, 1.82) is 15.8 Å². The lowest BCUT2D eigenvalue weighted by atomic mass is 9.95. The molecule has 2 rings (SSSR count). The molecule has 0 saturated carbocycles. The van der Waals surface area contributed by atoms with Gasteiger partial charge in [-0.25, -0.2) is 0 Å². The molecule has 0 atom stereocenters. The van der Waals surface area contributed by atoms with Crippen LogP contribution in [-0.2, 0) is 4.79 Å². The molecule has 0 spiro atoms. The third-order valence-electron chi connectivity index (χ3n) is 4.38. The van der Waals surface area contributed by atoms with Crippen LogP contribution in [0.25, 0.3) is 5.57 Å². The molecule has 0 radical (unpaired) electrons. The average Bonchev–Trinajstić information content (AvgIpc) is 2.98. The summed E-state index contributed by atoms with van der Waals surface area (Å²) in [5.41, 5.74) is 2.52. The van der Waals surface area contributed by atoms with Gasteiger partial charge in [0.05, 0.1) is 16.8 Å². The summed E-state index contributed by atoms with van der Waals surface area (Å²) >= 11 is 0. The molecule has 1 heterocycles. The SMILES string of the molecule is CCCN(CCC)c1ccc(C2=C(C#N)C(=C(C#N)C#N)NC2=O)c(C)c1. The van der Waals surface area contributed by atoms with Gasteiger partial charge in [0.1, 0.15) is 18.2 Å². The van der Waals surface area contributed by atoms with E-state index in [1.165, 1.54) is 0 Å². The second-order valence-electron chi connectivity index (χ2n) is 6.28. The second-order valence-corrected chi connectivity index (χ2v) is 6.28. The number of nitriles is 3. The molecule has 6 nitrogen and oxygen atoms in total. The summed E-state index contributed by atoms with van der Waals surface area (Å²) in [7, 11) is 0. The van der Waals surface area contributed by atoms with Gasteiger partial charge in [0.2, 0.25) is 0 Å². The van der Waals surface area contributed by atoms with Crippen LogP contribution in [0, 0.1) is 40.9 Å². The van der Waals surface area contributed by atoms with Crippen molar-refractivity contribution in [3.8, 4) is 18.2 Å². The van der Waals surface area contributed by atoms with Gasteiger partial charge in [0, 0.05) is 18.8 Å². The summed E-state index contributed by atoms with van der Waals surface area (Å²) in [6.07, 6.45) is 2.07. The van der Waals surface area contributed by atoms with Crippen LogP contribution in [-0.4, -0.2) is 19.0 Å². The third-order valence-corrected chi connectivity index (χ3v) is 4.38. The van der Waals surface area contributed by atoms with E-state index in [0.717, 1.165) is 37.2 Å². The van der Waals surface area contributed by atoms with E-state index in [2.05, 4.69) is 24.1 Å². The molecule has 1 aromatic carbocycles. The van der Waals surface area contributed by atoms with Crippen LogP contribution >= 0.6 is 0 Å². The Labute approximate surface area is 159 Å². The summed E-state index contributed by atoms with van der Waals surface area (Å²) in [6, 6.07) is 11.2. The van der Waals surface area contributed by atoms with Crippen LogP contribution in [0.2, 0.25) is 0 Å². The third kappa shape index (κ3) is 3.84. The lowest BCUT2D eigenvalue weighted by Gasteiger charge is -2.24. The van der Waals surface area contributed by atoms with Crippen molar-refractivity contribution < 1.29 is 4.79 Å². The predicted molar refractivity (Wildman–Crippen MR) is 103 cm³/mol. The highest BCUT2D eigenvalue weighted by molar-refractivity contribution is 6.26. The normalized spacial score (nSPS) is 12.9. The Balaban J connectivity index is 2.58. The Morgan fingerprint density at radius 3 is 2.22 bits per heavy atom. The molecule has 0 saturated heterocycles. The highest BCUT2D eigenvalue weighted by atomic mass is 16.2. The number of aryl methyl sites for hydroxylation is 1. The molecular formula is C21H21N5O. The van der Waals surface area contributed by atoms with E-state index < -0.39 is 5.91 Å². The van der Waals surface area contributed by atoms with Gasteiger partial charge in [0.25, 0.3) is 5.91 Å². The van der Waals surface area contributed by atoms with Crippen molar-refractivity contribution >= 4 is 17.2 Å². The van der Waals surface area contributed by atoms with Gasteiger partial charge in [-0.15, -0.1) is 0 Å². The molecule has 1 aliphatic rings. The van der Waals surface area contributed by atoms with E-state index in [1.54, 1.807) is 12.1 Å². The van der Waals surface area contributed by atoms with Crippen molar-refractivity contribution in [2.75, 3.05) is 18.0 Å². The number of benzene rings is 1. The smallest absolute Gasteiger partial charge is 0.257 e. The molecule has 27 heavy (non-hydrogen) atoms. The van der Waals surface area contributed by atoms with Gasteiger partial charge in [-0.1, -0.05) is 19.9 Å². The molecule has 0 bridgehead atoms. The van der Waals surface area contributed by atoms with Crippen molar-refractivity contribution in [2.24, 2.45) is 0 Å².